The SMILES string of the molecule is COc1ccc(C[NH+]2CCC[NH+](Cc3ccc(OC)cc3)C2c2ccccc2)cc1. The molecule has 3 aromatic rings. The van der Waals surface area contributed by atoms with E-state index in [1.165, 1.54) is 36.2 Å². The lowest BCUT2D eigenvalue weighted by atomic mass is 10.0. The smallest absolute Gasteiger partial charge is 0.240 e. The second-order valence-electron chi connectivity index (χ2n) is 8.06. The predicted octanol–water partition coefficient (Wildman–Crippen LogP) is 2.28. The molecule has 1 saturated heterocycles. The van der Waals surface area contributed by atoms with Gasteiger partial charge in [0.15, 0.2) is 0 Å². The minimum absolute atomic E-state index is 0.421. The lowest BCUT2D eigenvalue weighted by molar-refractivity contribution is -1.16. The summed E-state index contributed by atoms with van der Waals surface area (Å²) in [6, 6.07) is 28.1. The van der Waals surface area contributed by atoms with Gasteiger partial charge in [-0.25, -0.2) is 0 Å². The molecular weight excluding hydrogens is 372 g/mol. The Balaban J connectivity index is 1.58. The maximum absolute atomic E-state index is 5.33. The van der Waals surface area contributed by atoms with E-state index in [4.69, 9.17) is 9.47 Å². The van der Waals surface area contributed by atoms with E-state index in [2.05, 4.69) is 78.9 Å². The van der Waals surface area contributed by atoms with Crippen LogP contribution >= 0.6 is 0 Å². The van der Waals surface area contributed by atoms with Crippen LogP contribution in [-0.2, 0) is 13.1 Å². The van der Waals surface area contributed by atoms with Crippen LogP contribution in [0.15, 0.2) is 78.9 Å². The topological polar surface area (TPSA) is 27.3 Å². The second-order valence-corrected chi connectivity index (χ2v) is 8.06. The zero-order valence-electron chi connectivity index (χ0n) is 17.9. The monoisotopic (exact) mass is 404 g/mol. The van der Waals surface area contributed by atoms with Gasteiger partial charge in [0.05, 0.1) is 32.9 Å². The van der Waals surface area contributed by atoms with Crippen LogP contribution in [0, 0.1) is 0 Å². The Morgan fingerprint density at radius 2 is 1.13 bits per heavy atom. The van der Waals surface area contributed by atoms with E-state index in [9.17, 15) is 0 Å². The highest BCUT2D eigenvalue weighted by molar-refractivity contribution is 5.27. The van der Waals surface area contributed by atoms with Crippen molar-refractivity contribution in [1.29, 1.82) is 0 Å². The summed E-state index contributed by atoms with van der Waals surface area (Å²) in [5, 5.41) is 0. The molecule has 0 aromatic heterocycles. The normalized spacial score (nSPS) is 21.2. The third kappa shape index (κ3) is 4.84. The summed E-state index contributed by atoms with van der Waals surface area (Å²) in [5.41, 5.74) is 4.14. The van der Waals surface area contributed by atoms with Gasteiger partial charge in [0.25, 0.3) is 0 Å². The highest BCUT2D eigenvalue weighted by Crippen LogP contribution is 2.13. The molecule has 30 heavy (non-hydrogen) atoms. The Bertz CT molecular complexity index is 853. The minimum Gasteiger partial charge on any atom is -0.497 e. The van der Waals surface area contributed by atoms with Crippen molar-refractivity contribution in [2.45, 2.75) is 25.7 Å². The molecule has 0 radical (unpaired) electrons. The number of methoxy groups -OCH3 is 2. The van der Waals surface area contributed by atoms with Gasteiger partial charge in [0, 0.05) is 17.5 Å². The first-order valence-electron chi connectivity index (χ1n) is 10.8. The molecule has 2 atom stereocenters. The van der Waals surface area contributed by atoms with Gasteiger partial charge in [-0.3, -0.25) is 9.80 Å². The van der Waals surface area contributed by atoms with Crippen molar-refractivity contribution in [3.05, 3.63) is 95.6 Å². The van der Waals surface area contributed by atoms with Crippen molar-refractivity contribution in [3.63, 3.8) is 0 Å². The summed E-state index contributed by atoms with van der Waals surface area (Å²) in [5.74, 6) is 1.83. The Morgan fingerprint density at radius 3 is 1.57 bits per heavy atom. The van der Waals surface area contributed by atoms with Crippen molar-refractivity contribution < 1.29 is 19.3 Å². The molecule has 156 valence electrons. The van der Waals surface area contributed by atoms with Crippen LogP contribution in [0.25, 0.3) is 0 Å². The first-order valence-corrected chi connectivity index (χ1v) is 10.8. The molecule has 1 heterocycles. The summed E-state index contributed by atoms with van der Waals surface area (Å²) in [4.78, 5) is 3.25. The number of ether oxygens (including phenoxy) is 2. The van der Waals surface area contributed by atoms with E-state index in [-0.39, 0.29) is 0 Å². The fourth-order valence-corrected chi connectivity index (χ4v) is 4.63. The van der Waals surface area contributed by atoms with Gasteiger partial charge in [-0.15, -0.1) is 0 Å². The van der Waals surface area contributed by atoms with E-state index >= 15 is 0 Å². The number of hydrogen-bond acceptors (Lipinski definition) is 2. The molecular formula is C26H32N2O2+2. The van der Waals surface area contributed by atoms with Crippen LogP contribution in [0.2, 0.25) is 0 Å². The molecule has 2 unspecified atom stereocenters. The lowest BCUT2D eigenvalue weighted by Gasteiger charge is -2.38. The van der Waals surface area contributed by atoms with Crippen molar-refractivity contribution in [3.8, 4) is 11.5 Å². The molecule has 4 nitrogen and oxygen atoms in total. The Hall–Kier alpha value is -2.82. The van der Waals surface area contributed by atoms with Crippen LogP contribution in [0.4, 0.5) is 0 Å². The number of rotatable bonds is 7. The average molecular weight is 405 g/mol. The quantitative estimate of drug-likeness (QED) is 0.632. The fourth-order valence-electron chi connectivity index (χ4n) is 4.63. The molecule has 1 fully saturated rings. The lowest BCUT2D eigenvalue weighted by Crippen LogP contribution is -3.32. The number of benzene rings is 3. The molecule has 1 aliphatic heterocycles. The maximum Gasteiger partial charge on any atom is 0.240 e. The first kappa shape index (κ1) is 20.5. The van der Waals surface area contributed by atoms with Crippen molar-refractivity contribution in [2.75, 3.05) is 27.3 Å². The van der Waals surface area contributed by atoms with Crippen LogP contribution in [0.5, 0.6) is 11.5 Å². The van der Waals surface area contributed by atoms with Crippen LogP contribution in [-0.4, -0.2) is 27.3 Å². The average Bonchev–Trinajstić information content (AvgIpc) is 2.81. The molecule has 0 amide bonds. The van der Waals surface area contributed by atoms with Crippen molar-refractivity contribution in [2.24, 2.45) is 0 Å². The van der Waals surface area contributed by atoms with Crippen LogP contribution in [0.1, 0.15) is 29.3 Å². The zero-order chi connectivity index (χ0) is 20.8. The van der Waals surface area contributed by atoms with Crippen LogP contribution in [0.3, 0.4) is 0 Å². The number of hydrogen-bond donors (Lipinski definition) is 2. The molecule has 2 N–H and O–H groups in total. The number of nitrogens with one attached hydrogen (secondary N) is 2. The van der Waals surface area contributed by atoms with E-state index in [0.29, 0.717) is 6.17 Å². The van der Waals surface area contributed by atoms with E-state index < -0.39 is 0 Å². The van der Waals surface area contributed by atoms with Gasteiger partial charge in [0.1, 0.15) is 24.6 Å². The highest BCUT2D eigenvalue weighted by Gasteiger charge is 2.37. The molecule has 0 bridgehead atoms. The molecule has 0 aliphatic carbocycles. The van der Waals surface area contributed by atoms with Crippen molar-refractivity contribution >= 4 is 0 Å². The van der Waals surface area contributed by atoms with Gasteiger partial charge < -0.3 is 9.47 Å². The third-order valence-corrected chi connectivity index (χ3v) is 6.13. The Kier molecular flexibility index (Phi) is 6.67. The molecule has 3 aromatic carbocycles. The van der Waals surface area contributed by atoms with Gasteiger partial charge >= 0.3 is 0 Å². The standard InChI is InChI=1S/C26H30N2O2/c1-29-24-13-9-21(10-14-24)19-27-17-6-18-28(26(27)23-7-4-3-5-8-23)20-22-11-15-25(30-2)16-12-22/h3-5,7-16,26H,6,17-20H2,1-2H3/p+2. The summed E-state index contributed by atoms with van der Waals surface area (Å²) in [6.45, 7) is 4.43. The minimum atomic E-state index is 0.421. The summed E-state index contributed by atoms with van der Waals surface area (Å²) >= 11 is 0. The van der Waals surface area contributed by atoms with E-state index in [0.717, 1.165) is 24.6 Å². The first-order chi connectivity index (χ1) is 14.8. The number of quaternary nitrogens is 2. The van der Waals surface area contributed by atoms with E-state index in [1.54, 1.807) is 24.0 Å². The van der Waals surface area contributed by atoms with Gasteiger partial charge in [-0.1, -0.05) is 18.2 Å². The second kappa shape index (κ2) is 9.79. The molecule has 4 rings (SSSR count). The fraction of sp³-hybridized carbons (Fsp3) is 0.308. The summed E-state index contributed by atoms with van der Waals surface area (Å²) in [6.07, 6.45) is 1.66. The van der Waals surface area contributed by atoms with Gasteiger partial charge in [0.2, 0.25) is 6.17 Å². The summed E-state index contributed by atoms with van der Waals surface area (Å²) in [7, 11) is 3.44. The highest BCUT2D eigenvalue weighted by atomic mass is 16.5. The van der Waals surface area contributed by atoms with Crippen LogP contribution < -0.4 is 19.3 Å². The zero-order valence-corrected chi connectivity index (χ0v) is 17.9. The predicted molar refractivity (Wildman–Crippen MR) is 119 cm³/mol. The van der Waals surface area contributed by atoms with Gasteiger partial charge in [-0.2, -0.15) is 0 Å². The van der Waals surface area contributed by atoms with Gasteiger partial charge in [-0.05, 0) is 60.7 Å². The molecule has 0 saturated carbocycles. The third-order valence-electron chi connectivity index (χ3n) is 6.13. The maximum atomic E-state index is 5.33. The Labute approximate surface area is 179 Å². The largest absolute Gasteiger partial charge is 0.497 e. The summed E-state index contributed by atoms with van der Waals surface area (Å²) < 4.78 is 10.7. The van der Waals surface area contributed by atoms with Crippen molar-refractivity contribution in [1.82, 2.24) is 0 Å². The Morgan fingerprint density at radius 1 is 0.667 bits per heavy atom. The van der Waals surface area contributed by atoms with E-state index in [1.807, 2.05) is 0 Å². The molecule has 1 aliphatic rings. The molecule has 0 spiro atoms. The molecule has 4 heteroatoms.